The van der Waals surface area contributed by atoms with Gasteiger partial charge in [-0.05, 0) is 43.7 Å². The summed E-state index contributed by atoms with van der Waals surface area (Å²) in [5.41, 5.74) is 0.848. The van der Waals surface area contributed by atoms with Crippen molar-refractivity contribution in [3.05, 3.63) is 29.3 Å². The highest BCUT2D eigenvalue weighted by molar-refractivity contribution is 5.80. The summed E-state index contributed by atoms with van der Waals surface area (Å²) in [6.07, 6.45) is -4.36. The van der Waals surface area contributed by atoms with Crippen molar-refractivity contribution in [2.75, 3.05) is 45.2 Å². The van der Waals surface area contributed by atoms with Gasteiger partial charge in [0.15, 0.2) is 5.96 Å². The van der Waals surface area contributed by atoms with Crippen LogP contribution in [0.3, 0.4) is 0 Å². The highest BCUT2D eigenvalue weighted by Gasteiger charge is 2.31. The van der Waals surface area contributed by atoms with Crippen LogP contribution in [0.5, 0.6) is 0 Å². The van der Waals surface area contributed by atoms with Crippen molar-refractivity contribution >= 4 is 11.6 Å². The monoisotopic (exact) mass is 399 g/mol. The molecule has 8 heteroatoms. The summed E-state index contributed by atoms with van der Waals surface area (Å²) in [4.78, 5) is 8.58. The minimum Gasteiger partial charge on any atom is -0.369 e. The zero-order valence-corrected chi connectivity index (χ0v) is 17.4. The van der Waals surface area contributed by atoms with Crippen LogP contribution >= 0.6 is 0 Å². The largest absolute Gasteiger partial charge is 0.416 e. The quantitative estimate of drug-likeness (QED) is 0.590. The molecule has 0 aliphatic carbocycles. The van der Waals surface area contributed by atoms with Crippen molar-refractivity contribution in [1.29, 1.82) is 0 Å². The number of anilines is 1. The van der Waals surface area contributed by atoms with Gasteiger partial charge in [-0.1, -0.05) is 13.8 Å². The maximum atomic E-state index is 13.2. The first kappa shape index (κ1) is 22.3. The second kappa shape index (κ2) is 9.49. The second-order valence-corrected chi connectivity index (χ2v) is 7.73. The topological polar surface area (TPSA) is 42.9 Å². The fraction of sp³-hybridized carbons (Fsp3) is 0.650. The minimum atomic E-state index is -4.36. The van der Waals surface area contributed by atoms with Crippen LogP contribution in [-0.2, 0) is 12.7 Å². The minimum absolute atomic E-state index is 0.199. The number of hydrogen-bond donors (Lipinski definition) is 2. The van der Waals surface area contributed by atoms with Gasteiger partial charge in [0.1, 0.15) is 0 Å². The Hall–Kier alpha value is -1.96. The number of benzene rings is 1. The summed E-state index contributed by atoms with van der Waals surface area (Å²) in [5.74, 6) is 0.996. The number of halogens is 3. The lowest BCUT2D eigenvalue weighted by molar-refractivity contribution is -0.137. The highest BCUT2D eigenvalue weighted by atomic mass is 19.4. The van der Waals surface area contributed by atoms with Crippen molar-refractivity contribution in [2.24, 2.45) is 10.9 Å². The summed E-state index contributed by atoms with van der Waals surface area (Å²) in [5, 5.41) is 6.46. The molecule has 2 N–H and O–H groups in total. The van der Waals surface area contributed by atoms with Gasteiger partial charge in [0, 0.05) is 51.5 Å². The van der Waals surface area contributed by atoms with Gasteiger partial charge < -0.3 is 20.4 Å². The Bertz CT molecular complexity index is 664. The number of rotatable bonds is 5. The van der Waals surface area contributed by atoms with Crippen molar-refractivity contribution in [2.45, 2.75) is 39.5 Å². The van der Waals surface area contributed by atoms with Gasteiger partial charge in [0.25, 0.3) is 0 Å². The van der Waals surface area contributed by atoms with Crippen molar-refractivity contribution in [3.8, 4) is 0 Å². The van der Waals surface area contributed by atoms with E-state index in [-0.39, 0.29) is 12.6 Å². The molecule has 1 aliphatic heterocycles. The van der Waals surface area contributed by atoms with Crippen LogP contribution < -0.4 is 15.5 Å². The van der Waals surface area contributed by atoms with E-state index in [0.717, 1.165) is 31.9 Å². The predicted molar refractivity (Wildman–Crippen MR) is 109 cm³/mol. The zero-order valence-electron chi connectivity index (χ0n) is 17.4. The molecule has 1 fully saturated rings. The van der Waals surface area contributed by atoms with Gasteiger partial charge in [-0.3, -0.25) is 4.99 Å². The van der Waals surface area contributed by atoms with Gasteiger partial charge >= 0.3 is 6.18 Å². The number of aliphatic imine (C=N–C) groups is 1. The SMILES string of the molecule is CN=C(NCc1cc(C(F)(F)F)ccc1N1CCN(C)CC1)NC(C)C(C)C. The Morgan fingerprint density at radius 2 is 1.79 bits per heavy atom. The zero-order chi connectivity index (χ0) is 20.9. The molecule has 0 amide bonds. The Labute approximate surface area is 166 Å². The molecule has 0 spiro atoms. The molecular formula is C20H32F3N5. The lowest BCUT2D eigenvalue weighted by Crippen LogP contribution is -2.46. The summed E-state index contributed by atoms with van der Waals surface area (Å²) in [7, 11) is 3.72. The fourth-order valence-corrected chi connectivity index (χ4v) is 3.02. The first-order valence-corrected chi connectivity index (χ1v) is 9.72. The molecule has 0 bridgehead atoms. The van der Waals surface area contributed by atoms with Crippen LogP contribution in [0.25, 0.3) is 0 Å². The highest BCUT2D eigenvalue weighted by Crippen LogP contribution is 2.33. The Kier molecular flexibility index (Phi) is 7.57. The van der Waals surface area contributed by atoms with E-state index in [4.69, 9.17) is 0 Å². The smallest absolute Gasteiger partial charge is 0.369 e. The maximum absolute atomic E-state index is 13.2. The third kappa shape index (κ3) is 6.02. The molecule has 5 nitrogen and oxygen atoms in total. The van der Waals surface area contributed by atoms with E-state index in [1.165, 1.54) is 12.1 Å². The second-order valence-electron chi connectivity index (χ2n) is 7.73. The predicted octanol–water partition coefficient (Wildman–Crippen LogP) is 3.17. The molecule has 0 saturated carbocycles. The standard InChI is InChI=1S/C20H32F3N5/c1-14(2)15(3)26-19(24-4)25-13-16-12-17(20(21,22)23)6-7-18(16)28-10-8-27(5)9-11-28/h6-7,12,14-15H,8-11,13H2,1-5H3,(H2,24,25,26). The van der Waals surface area contributed by atoms with Gasteiger partial charge in [-0.25, -0.2) is 0 Å². The Morgan fingerprint density at radius 3 is 2.32 bits per heavy atom. The third-order valence-electron chi connectivity index (χ3n) is 5.29. The van der Waals surface area contributed by atoms with E-state index in [1.807, 2.05) is 0 Å². The van der Waals surface area contributed by atoms with E-state index in [0.29, 0.717) is 17.4 Å². The molecule has 28 heavy (non-hydrogen) atoms. The molecule has 1 unspecified atom stereocenters. The number of nitrogens with one attached hydrogen (secondary N) is 2. The molecule has 1 heterocycles. The van der Waals surface area contributed by atoms with Crippen LogP contribution in [-0.4, -0.2) is 57.2 Å². The number of alkyl halides is 3. The summed E-state index contributed by atoms with van der Waals surface area (Å²) in [6, 6.07) is 4.22. The molecule has 2 rings (SSSR count). The summed E-state index contributed by atoms with van der Waals surface area (Å²) >= 11 is 0. The van der Waals surface area contributed by atoms with Gasteiger partial charge in [0.05, 0.1) is 5.56 Å². The molecule has 1 aromatic carbocycles. The molecular weight excluding hydrogens is 367 g/mol. The van der Waals surface area contributed by atoms with Crippen LogP contribution in [0.15, 0.2) is 23.2 Å². The lowest BCUT2D eigenvalue weighted by Gasteiger charge is -2.35. The Balaban J connectivity index is 2.21. The number of nitrogens with zero attached hydrogens (tertiary/aromatic N) is 3. The first-order valence-electron chi connectivity index (χ1n) is 9.72. The number of hydrogen-bond acceptors (Lipinski definition) is 3. The van der Waals surface area contributed by atoms with Crippen molar-refractivity contribution in [3.63, 3.8) is 0 Å². The first-order chi connectivity index (χ1) is 13.1. The molecule has 0 aromatic heterocycles. The van der Waals surface area contributed by atoms with E-state index in [1.54, 1.807) is 13.1 Å². The van der Waals surface area contributed by atoms with Crippen LogP contribution in [0.4, 0.5) is 18.9 Å². The maximum Gasteiger partial charge on any atom is 0.416 e. The molecule has 158 valence electrons. The van der Waals surface area contributed by atoms with E-state index in [9.17, 15) is 13.2 Å². The van der Waals surface area contributed by atoms with E-state index >= 15 is 0 Å². The van der Waals surface area contributed by atoms with Crippen LogP contribution in [0, 0.1) is 5.92 Å². The lowest BCUT2D eigenvalue weighted by atomic mass is 10.1. The van der Waals surface area contributed by atoms with Crippen molar-refractivity contribution in [1.82, 2.24) is 15.5 Å². The Morgan fingerprint density at radius 1 is 1.14 bits per heavy atom. The van der Waals surface area contributed by atoms with E-state index in [2.05, 4.69) is 53.2 Å². The molecule has 1 aromatic rings. The van der Waals surface area contributed by atoms with Crippen LogP contribution in [0.1, 0.15) is 31.9 Å². The average Bonchev–Trinajstić information content (AvgIpc) is 2.64. The normalized spacial score (nSPS) is 17.8. The molecule has 1 aliphatic rings. The average molecular weight is 400 g/mol. The third-order valence-corrected chi connectivity index (χ3v) is 5.29. The van der Waals surface area contributed by atoms with Gasteiger partial charge in [0.2, 0.25) is 0 Å². The molecule has 0 radical (unpaired) electrons. The fourth-order valence-electron chi connectivity index (χ4n) is 3.02. The van der Waals surface area contributed by atoms with Crippen LogP contribution in [0.2, 0.25) is 0 Å². The summed E-state index contributed by atoms with van der Waals surface area (Å²) < 4.78 is 39.7. The number of likely N-dealkylation sites (N-methyl/N-ethyl adjacent to an activating group) is 1. The number of piperazine rings is 1. The summed E-state index contributed by atoms with van der Waals surface area (Å²) in [6.45, 7) is 9.91. The van der Waals surface area contributed by atoms with E-state index < -0.39 is 11.7 Å². The van der Waals surface area contributed by atoms with Gasteiger partial charge in [-0.15, -0.1) is 0 Å². The molecule has 1 saturated heterocycles. The van der Waals surface area contributed by atoms with Crippen molar-refractivity contribution < 1.29 is 13.2 Å². The molecule has 1 atom stereocenters. The van der Waals surface area contributed by atoms with Gasteiger partial charge in [-0.2, -0.15) is 13.2 Å². The number of guanidine groups is 1.